The summed E-state index contributed by atoms with van der Waals surface area (Å²) in [6.07, 6.45) is 6.30. The third-order valence-electron chi connectivity index (χ3n) is 3.28. The van der Waals surface area contributed by atoms with Crippen LogP contribution in [0.4, 0.5) is 5.69 Å². The van der Waals surface area contributed by atoms with Crippen molar-refractivity contribution in [3.8, 4) is 0 Å². The van der Waals surface area contributed by atoms with Gasteiger partial charge >= 0.3 is 0 Å². The average molecular weight is 308 g/mol. The van der Waals surface area contributed by atoms with Crippen LogP contribution >= 0.6 is 0 Å². The zero-order chi connectivity index (χ0) is 17.4. The van der Waals surface area contributed by atoms with Crippen molar-refractivity contribution in [1.29, 1.82) is 0 Å². The van der Waals surface area contributed by atoms with E-state index >= 15 is 0 Å². The highest BCUT2D eigenvalue weighted by Crippen LogP contribution is 2.23. The first-order chi connectivity index (χ1) is 10.7. The first-order valence-electron chi connectivity index (χ1n) is 9.13. The Hall–Kier alpha value is -1.31. The van der Waals surface area contributed by atoms with Crippen LogP contribution in [0.15, 0.2) is 18.2 Å². The lowest BCUT2D eigenvalue weighted by Gasteiger charge is -2.14. The smallest absolute Gasteiger partial charge is 0.224 e. The molecule has 0 atom stereocenters. The SMILES string of the molecule is CC.CC.CCCCCc1c(CC)cccc1NC(=O)CC. The lowest BCUT2D eigenvalue weighted by atomic mass is 9.97. The van der Waals surface area contributed by atoms with E-state index in [1.807, 2.05) is 46.8 Å². The van der Waals surface area contributed by atoms with E-state index in [2.05, 4.69) is 25.2 Å². The predicted molar refractivity (Wildman–Crippen MR) is 101 cm³/mol. The molecule has 0 fully saturated rings. The highest BCUT2D eigenvalue weighted by atomic mass is 16.1. The minimum absolute atomic E-state index is 0.0972. The van der Waals surface area contributed by atoms with Crippen LogP contribution in [0, 0.1) is 0 Å². The Morgan fingerprint density at radius 2 is 1.64 bits per heavy atom. The molecule has 1 aromatic carbocycles. The Balaban J connectivity index is 0. The van der Waals surface area contributed by atoms with Gasteiger partial charge in [-0.25, -0.2) is 0 Å². The normalized spacial score (nSPS) is 9.05. The topological polar surface area (TPSA) is 29.1 Å². The monoisotopic (exact) mass is 307 g/mol. The maximum absolute atomic E-state index is 11.6. The van der Waals surface area contributed by atoms with Gasteiger partial charge in [-0.05, 0) is 36.5 Å². The van der Waals surface area contributed by atoms with E-state index in [1.165, 1.54) is 30.4 Å². The zero-order valence-corrected chi connectivity index (χ0v) is 15.9. The number of carbonyl (C=O) groups excluding carboxylic acids is 1. The Bertz CT molecular complexity index is 385. The molecule has 0 aliphatic heterocycles. The molecule has 0 bridgehead atoms. The van der Waals surface area contributed by atoms with Crippen molar-refractivity contribution >= 4 is 11.6 Å². The first kappa shape index (κ1) is 23.0. The molecule has 128 valence electrons. The quantitative estimate of drug-likeness (QED) is 0.581. The third-order valence-corrected chi connectivity index (χ3v) is 3.28. The fourth-order valence-corrected chi connectivity index (χ4v) is 2.17. The molecule has 0 aliphatic carbocycles. The number of unbranched alkanes of at least 4 members (excludes halogenated alkanes) is 2. The molecule has 0 unspecified atom stereocenters. The Morgan fingerprint density at radius 3 is 2.14 bits per heavy atom. The molecule has 1 aromatic rings. The number of benzene rings is 1. The van der Waals surface area contributed by atoms with Gasteiger partial charge < -0.3 is 5.32 Å². The van der Waals surface area contributed by atoms with Crippen molar-refractivity contribution in [2.75, 3.05) is 5.32 Å². The molecule has 22 heavy (non-hydrogen) atoms. The van der Waals surface area contributed by atoms with Crippen LogP contribution in [0.2, 0.25) is 0 Å². The predicted octanol–water partition coefficient (Wildman–Crippen LogP) is 6.38. The minimum Gasteiger partial charge on any atom is -0.326 e. The summed E-state index contributed by atoms with van der Waals surface area (Å²) in [5, 5.41) is 3.02. The van der Waals surface area contributed by atoms with E-state index in [9.17, 15) is 4.79 Å². The van der Waals surface area contributed by atoms with Gasteiger partial charge in [0.05, 0.1) is 0 Å². The molecule has 0 saturated heterocycles. The van der Waals surface area contributed by atoms with Crippen molar-refractivity contribution in [2.24, 2.45) is 0 Å². The molecule has 1 amide bonds. The van der Waals surface area contributed by atoms with Crippen LogP contribution in [0.5, 0.6) is 0 Å². The van der Waals surface area contributed by atoms with Crippen molar-refractivity contribution in [2.45, 2.75) is 87.0 Å². The first-order valence-corrected chi connectivity index (χ1v) is 9.13. The second kappa shape index (κ2) is 16.1. The van der Waals surface area contributed by atoms with Gasteiger partial charge in [0.1, 0.15) is 0 Å². The largest absolute Gasteiger partial charge is 0.326 e. The maximum Gasteiger partial charge on any atom is 0.224 e. The summed E-state index contributed by atoms with van der Waals surface area (Å²) in [7, 11) is 0. The van der Waals surface area contributed by atoms with E-state index in [1.54, 1.807) is 0 Å². The summed E-state index contributed by atoms with van der Waals surface area (Å²) in [5.41, 5.74) is 3.70. The van der Waals surface area contributed by atoms with Gasteiger partial charge in [0.15, 0.2) is 0 Å². The van der Waals surface area contributed by atoms with Crippen LogP contribution in [0.25, 0.3) is 0 Å². The fourth-order valence-electron chi connectivity index (χ4n) is 2.17. The van der Waals surface area contributed by atoms with Crippen molar-refractivity contribution < 1.29 is 4.79 Å². The molecule has 0 aliphatic rings. The highest BCUT2D eigenvalue weighted by Gasteiger charge is 2.09. The number of nitrogens with one attached hydrogen (secondary N) is 1. The lowest BCUT2D eigenvalue weighted by molar-refractivity contribution is -0.115. The summed E-state index contributed by atoms with van der Waals surface area (Å²) < 4.78 is 0. The summed E-state index contributed by atoms with van der Waals surface area (Å²) in [6, 6.07) is 6.23. The Kier molecular flexibility index (Phi) is 16.8. The average Bonchev–Trinajstić information content (AvgIpc) is 2.59. The molecule has 1 rings (SSSR count). The molecule has 1 N–H and O–H groups in total. The fraction of sp³-hybridized carbons (Fsp3) is 0.650. The second-order valence-corrected chi connectivity index (χ2v) is 4.66. The third kappa shape index (κ3) is 8.86. The van der Waals surface area contributed by atoms with Gasteiger partial charge in [0.2, 0.25) is 5.91 Å². The minimum atomic E-state index is 0.0972. The van der Waals surface area contributed by atoms with Crippen LogP contribution in [0.3, 0.4) is 0 Å². The number of aryl methyl sites for hydroxylation is 1. The standard InChI is InChI=1S/C16H25NO.2C2H6/c1-4-7-8-11-14-13(5-2)10-9-12-15(14)17-16(18)6-3;2*1-2/h9-10,12H,4-8,11H2,1-3H3,(H,17,18);2*1-2H3. The van der Waals surface area contributed by atoms with Crippen molar-refractivity contribution in [3.05, 3.63) is 29.3 Å². The Labute approximate surface area is 138 Å². The molecule has 2 heteroatoms. The second-order valence-electron chi connectivity index (χ2n) is 4.66. The van der Waals surface area contributed by atoms with E-state index in [0.717, 1.165) is 18.5 Å². The zero-order valence-electron chi connectivity index (χ0n) is 15.9. The Morgan fingerprint density at radius 1 is 1.00 bits per heavy atom. The maximum atomic E-state index is 11.6. The van der Waals surface area contributed by atoms with Gasteiger partial charge in [0.25, 0.3) is 0 Å². The van der Waals surface area contributed by atoms with Crippen molar-refractivity contribution in [1.82, 2.24) is 0 Å². The number of anilines is 1. The number of carbonyl (C=O) groups is 1. The molecule has 0 radical (unpaired) electrons. The molecule has 0 saturated carbocycles. The van der Waals surface area contributed by atoms with Gasteiger partial charge in [-0.2, -0.15) is 0 Å². The van der Waals surface area contributed by atoms with E-state index in [4.69, 9.17) is 0 Å². The molecule has 0 aromatic heterocycles. The van der Waals surface area contributed by atoms with E-state index in [0.29, 0.717) is 6.42 Å². The van der Waals surface area contributed by atoms with Crippen LogP contribution in [0.1, 0.15) is 85.3 Å². The summed E-state index contributed by atoms with van der Waals surface area (Å²) in [4.78, 5) is 11.6. The number of hydrogen-bond acceptors (Lipinski definition) is 1. The van der Waals surface area contributed by atoms with E-state index in [-0.39, 0.29) is 5.91 Å². The number of amides is 1. The van der Waals surface area contributed by atoms with Gasteiger partial charge in [-0.15, -0.1) is 0 Å². The van der Waals surface area contributed by atoms with E-state index < -0.39 is 0 Å². The van der Waals surface area contributed by atoms with Crippen LogP contribution in [-0.4, -0.2) is 5.91 Å². The summed E-state index contributed by atoms with van der Waals surface area (Å²) in [6.45, 7) is 14.3. The summed E-state index contributed by atoms with van der Waals surface area (Å²) in [5.74, 6) is 0.0972. The molecule has 0 spiro atoms. The van der Waals surface area contributed by atoms with Crippen LogP contribution < -0.4 is 5.32 Å². The number of rotatable bonds is 7. The van der Waals surface area contributed by atoms with Crippen LogP contribution in [-0.2, 0) is 17.6 Å². The molecular weight excluding hydrogens is 270 g/mol. The molecular formula is C20H37NO. The van der Waals surface area contributed by atoms with Gasteiger partial charge in [-0.3, -0.25) is 4.79 Å². The highest BCUT2D eigenvalue weighted by molar-refractivity contribution is 5.91. The molecule has 0 heterocycles. The van der Waals surface area contributed by atoms with Gasteiger partial charge in [0, 0.05) is 12.1 Å². The number of hydrogen-bond donors (Lipinski definition) is 1. The lowest BCUT2D eigenvalue weighted by Crippen LogP contribution is -2.12. The summed E-state index contributed by atoms with van der Waals surface area (Å²) >= 11 is 0. The van der Waals surface area contributed by atoms with Crippen molar-refractivity contribution in [3.63, 3.8) is 0 Å². The molecule has 2 nitrogen and oxygen atoms in total. The van der Waals surface area contributed by atoms with Gasteiger partial charge in [-0.1, -0.05) is 73.4 Å².